The summed E-state index contributed by atoms with van der Waals surface area (Å²) in [5.74, 6) is 0.815. The van der Waals surface area contributed by atoms with Gasteiger partial charge in [0.25, 0.3) is 0 Å². The molecular formula is C8H9BrN4. The highest BCUT2D eigenvalue weighted by atomic mass is 79.9. The second-order valence-corrected chi connectivity index (χ2v) is 3.39. The molecule has 0 bridgehead atoms. The van der Waals surface area contributed by atoms with Crippen LogP contribution in [0.25, 0.3) is 5.65 Å². The van der Waals surface area contributed by atoms with Crippen molar-refractivity contribution in [2.24, 2.45) is 0 Å². The van der Waals surface area contributed by atoms with Gasteiger partial charge < -0.3 is 5.32 Å². The SMILES string of the molecule is CCNc1nccn2c(Br)cnc12. The van der Waals surface area contributed by atoms with Gasteiger partial charge in [-0.15, -0.1) is 0 Å². The van der Waals surface area contributed by atoms with Crippen LogP contribution in [0.15, 0.2) is 23.2 Å². The number of imidazole rings is 1. The summed E-state index contributed by atoms with van der Waals surface area (Å²) in [5, 5.41) is 3.15. The molecule has 4 nitrogen and oxygen atoms in total. The Balaban J connectivity index is 2.63. The lowest BCUT2D eigenvalue weighted by Crippen LogP contribution is -2.01. The number of hydrogen-bond acceptors (Lipinski definition) is 3. The molecule has 0 saturated heterocycles. The van der Waals surface area contributed by atoms with Crippen LogP contribution in [0.3, 0.4) is 0 Å². The number of nitrogens with zero attached hydrogens (tertiary/aromatic N) is 3. The third-order valence-electron chi connectivity index (χ3n) is 1.73. The number of aromatic nitrogens is 3. The second kappa shape index (κ2) is 3.33. The second-order valence-electron chi connectivity index (χ2n) is 2.58. The van der Waals surface area contributed by atoms with Crippen molar-refractivity contribution in [2.45, 2.75) is 6.92 Å². The van der Waals surface area contributed by atoms with E-state index in [1.54, 1.807) is 12.4 Å². The summed E-state index contributed by atoms with van der Waals surface area (Å²) in [7, 11) is 0. The van der Waals surface area contributed by atoms with E-state index in [1.807, 2.05) is 17.5 Å². The zero-order valence-electron chi connectivity index (χ0n) is 7.16. The van der Waals surface area contributed by atoms with Crippen molar-refractivity contribution in [1.29, 1.82) is 0 Å². The maximum Gasteiger partial charge on any atom is 0.180 e. The van der Waals surface area contributed by atoms with Crippen LogP contribution in [0.1, 0.15) is 6.92 Å². The van der Waals surface area contributed by atoms with Crippen molar-refractivity contribution in [3.05, 3.63) is 23.2 Å². The minimum absolute atomic E-state index is 0.815. The van der Waals surface area contributed by atoms with Crippen molar-refractivity contribution < 1.29 is 0 Å². The molecule has 0 amide bonds. The van der Waals surface area contributed by atoms with E-state index in [-0.39, 0.29) is 0 Å². The quantitative estimate of drug-likeness (QED) is 0.873. The van der Waals surface area contributed by atoms with Gasteiger partial charge >= 0.3 is 0 Å². The molecule has 0 spiro atoms. The predicted octanol–water partition coefficient (Wildman–Crippen LogP) is 1.92. The summed E-state index contributed by atoms with van der Waals surface area (Å²) in [6.45, 7) is 2.88. The van der Waals surface area contributed by atoms with Crippen LogP contribution in [0, 0.1) is 0 Å². The zero-order valence-corrected chi connectivity index (χ0v) is 8.74. The molecular weight excluding hydrogens is 232 g/mol. The molecule has 0 unspecified atom stereocenters. The number of fused-ring (bicyclic) bond motifs is 1. The molecule has 0 aromatic carbocycles. The number of halogens is 1. The topological polar surface area (TPSA) is 42.2 Å². The Labute approximate surface area is 84.1 Å². The summed E-state index contributed by atoms with van der Waals surface area (Å²) in [6, 6.07) is 0. The summed E-state index contributed by atoms with van der Waals surface area (Å²) in [4.78, 5) is 8.42. The van der Waals surface area contributed by atoms with Gasteiger partial charge in [-0.3, -0.25) is 4.40 Å². The average molecular weight is 241 g/mol. The van der Waals surface area contributed by atoms with Crippen LogP contribution in [0.2, 0.25) is 0 Å². The molecule has 0 aliphatic carbocycles. The molecule has 2 rings (SSSR count). The zero-order chi connectivity index (χ0) is 9.26. The van der Waals surface area contributed by atoms with Crippen molar-refractivity contribution >= 4 is 27.4 Å². The Hall–Kier alpha value is -1.10. The molecule has 0 saturated carbocycles. The molecule has 2 aromatic heterocycles. The molecule has 0 aliphatic rings. The smallest absolute Gasteiger partial charge is 0.180 e. The largest absolute Gasteiger partial charge is 0.367 e. The van der Waals surface area contributed by atoms with Gasteiger partial charge in [-0.1, -0.05) is 0 Å². The van der Waals surface area contributed by atoms with Gasteiger partial charge in [0.15, 0.2) is 11.5 Å². The molecule has 2 heterocycles. The van der Waals surface area contributed by atoms with Crippen molar-refractivity contribution in [3.8, 4) is 0 Å². The van der Waals surface area contributed by atoms with E-state index in [2.05, 4.69) is 31.2 Å². The van der Waals surface area contributed by atoms with E-state index < -0.39 is 0 Å². The third kappa shape index (κ3) is 1.39. The van der Waals surface area contributed by atoms with Crippen LogP contribution < -0.4 is 5.32 Å². The number of nitrogens with one attached hydrogen (secondary N) is 1. The summed E-state index contributed by atoms with van der Waals surface area (Å²) in [6.07, 6.45) is 5.38. The Morgan fingerprint density at radius 2 is 2.38 bits per heavy atom. The minimum Gasteiger partial charge on any atom is -0.367 e. The lowest BCUT2D eigenvalue weighted by molar-refractivity contribution is 1.08. The van der Waals surface area contributed by atoms with Gasteiger partial charge in [0.1, 0.15) is 4.60 Å². The maximum atomic E-state index is 4.23. The first-order valence-electron chi connectivity index (χ1n) is 4.04. The van der Waals surface area contributed by atoms with Crippen LogP contribution in [-0.2, 0) is 0 Å². The van der Waals surface area contributed by atoms with Gasteiger partial charge in [0.2, 0.25) is 0 Å². The molecule has 1 N–H and O–H groups in total. The Morgan fingerprint density at radius 3 is 3.15 bits per heavy atom. The normalized spacial score (nSPS) is 10.6. The first-order chi connectivity index (χ1) is 6.33. The Bertz CT molecular complexity index is 423. The monoisotopic (exact) mass is 240 g/mol. The number of anilines is 1. The van der Waals surface area contributed by atoms with Gasteiger partial charge in [-0.2, -0.15) is 0 Å². The minimum atomic E-state index is 0.815. The van der Waals surface area contributed by atoms with Crippen molar-refractivity contribution in [3.63, 3.8) is 0 Å². The standard InChI is InChI=1S/C8H9BrN4/c1-2-10-7-8-12-5-6(9)13(8)4-3-11-7/h3-5H,2H2,1H3,(H,10,11). The van der Waals surface area contributed by atoms with E-state index in [1.165, 1.54) is 0 Å². The average Bonchev–Trinajstić information content (AvgIpc) is 2.50. The van der Waals surface area contributed by atoms with E-state index in [0.29, 0.717) is 0 Å². The first-order valence-corrected chi connectivity index (χ1v) is 4.83. The van der Waals surface area contributed by atoms with Gasteiger partial charge in [0, 0.05) is 18.9 Å². The van der Waals surface area contributed by atoms with E-state index in [0.717, 1.165) is 22.6 Å². The van der Waals surface area contributed by atoms with E-state index in [9.17, 15) is 0 Å². The highest BCUT2D eigenvalue weighted by Crippen LogP contribution is 2.17. The van der Waals surface area contributed by atoms with Gasteiger partial charge in [-0.05, 0) is 22.9 Å². The van der Waals surface area contributed by atoms with E-state index >= 15 is 0 Å². The molecule has 5 heteroatoms. The lowest BCUT2D eigenvalue weighted by Gasteiger charge is -2.02. The molecule has 0 atom stereocenters. The molecule has 0 aliphatic heterocycles. The third-order valence-corrected chi connectivity index (χ3v) is 2.31. The number of hydrogen-bond donors (Lipinski definition) is 1. The van der Waals surface area contributed by atoms with Gasteiger partial charge in [-0.25, -0.2) is 9.97 Å². The summed E-state index contributed by atoms with van der Waals surface area (Å²) in [5.41, 5.74) is 0.844. The van der Waals surface area contributed by atoms with Crippen LogP contribution >= 0.6 is 15.9 Å². The van der Waals surface area contributed by atoms with Crippen LogP contribution in [0.4, 0.5) is 5.82 Å². The first kappa shape index (κ1) is 8.50. The fraction of sp³-hybridized carbons (Fsp3) is 0.250. The summed E-state index contributed by atoms with van der Waals surface area (Å²) >= 11 is 3.40. The maximum absolute atomic E-state index is 4.23. The number of rotatable bonds is 2. The molecule has 0 radical (unpaired) electrons. The molecule has 13 heavy (non-hydrogen) atoms. The molecule has 68 valence electrons. The highest BCUT2D eigenvalue weighted by Gasteiger charge is 2.04. The van der Waals surface area contributed by atoms with Crippen molar-refractivity contribution in [1.82, 2.24) is 14.4 Å². The fourth-order valence-electron chi connectivity index (χ4n) is 1.18. The molecule has 0 fully saturated rings. The Morgan fingerprint density at radius 1 is 1.54 bits per heavy atom. The van der Waals surface area contributed by atoms with Crippen LogP contribution in [0.5, 0.6) is 0 Å². The molecule has 2 aromatic rings. The predicted molar refractivity (Wildman–Crippen MR) is 54.9 cm³/mol. The summed E-state index contributed by atoms with van der Waals surface area (Å²) < 4.78 is 2.87. The van der Waals surface area contributed by atoms with E-state index in [4.69, 9.17) is 0 Å². The van der Waals surface area contributed by atoms with Gasteiger partial charge in [0.05, 0.1) is 6.20 Å². The highest BCUT2D eigenvalue weighted by molar-refractivity contribution is 9.10. The van der Waals surface area contributed by atoms with Crippen LogP contribution in [-0.4, -0.2) is 20.9 Å². The Kier molecular flexibility index (Phi) is 2.18. The lowest BCUT2D eigenvalue weighted by atomic mass is 10.6. The van der Waals surface area contributed by atoms with Crippen molar-refractivity contribution in [2.75, 3.05) is 11.9 Å². The fourth-order valence-corrected chi connectivity index (χ4v) is 1.57.